The van der Waals surface area contributed by atoms with Crippen LogP contribution in [0.1, 0.15) is 20.8 Å². The van der Waals surface area contributed by atoms with Gasteiger partial charge in [-0.3, -0.25) is 9.59 Å². The maximum absolute atomic E-state index is 12.1. The van der Waals surface area contributed by atoms with Crippen LogP contribution in [0.5, 0.6) is 0 Å². The Morgan fingerprint density at radius 3 is 2.17 bits per heavy atom. The Balaban J connectivity index is 4.74. The molecule has 0 radical (unpaired) electrons. The number of carboxylic acids is 1. The number of carbonyl (C=O) groups is 2. The lowest BCUT2D eigenvalue weighted by atomic mass is 9.80. The second-order valence-corrected chi connectivity index (χ2v) is 5.47. The molecular weight excluding hydrogens is 238 g/mol. The summed E-state index contributed by atoms with van der Waals surface area (Å²) in [4.78, 5) is 24.5. The van der Waals surface area contributed by atoms with E-state index in [0.29, 0.717) is 0 Å². The molecule has 0 heterocycles. The largest absolute Gasteiger partial charge is 0.481 e. The summed E-state index contributed by atoms with van der Waals surface area (Å²) in [6.07, 6.45) is -0.821. The van der Waals surface area contributed by atoms with Crippen molar-refractivity contribution < 1.29 is 24.5 Å². The highest BCUT2D eigenvalue weighted by atomic mass is 16.5. The molecule has 2 atom stereocenters. The highest BCUT2D eigenvalue weighted by molar-refractivity contribution is 5.97. The van der Waals surface area contributed by atoms with E-state index >= 15 is 0 Å². The van der Waals surface area contributed by atoms with Crippen molar-refractivity contribution in [1.29, 1.82) is 0 Å². The summed E-state index contributed by atoms with van der Waals surface area (Å²) in [7, 11) is 2.92. The SMILES string of the molecule is COCC(O)CN(C)C(=O)C(C(=O)O)C(C)(C)C. The third kappa shape index (κ3) is 5.01. The minimum Gasteiger partial charge on any atom is -0.481 e. The third-order valence-corrected chi connectivity index (χ3v) is 2.58. The van der Waals surface area contributed by atoms with Crippen LogP contribution in [-0.4, -0.2) is 60.4 Å². The molecule has 0 aromatic carbocycles. The first-order chi connectivity index (χ1) is 8.11. The Labute approximate surface area is 108 Å². The molecule has 0 aliphatic rings. The molecular formula is C12H23NO5. The lowest BCUT2D eigenvalue weighted by Gasteiger charge is -2.30. The minimum absolute atomic E-state index is 0.0481. The van der Waals surface area contributed by atoms with Gasteiger partial charge in [-0.05, 0) is 5.41 Å². The van der Waals surface area contributed by atoms with E-state index in [9.17, 15) is 14.7 Å². The Morgan fingerprint density at radius 1 is 1.33 bits per heavy atom. The quantitative estimate of drug-likeness (QED) is 0.667. The van der Waals surface area contributed by atoms with Gasteiger partial charge in [-0.2, -0.15) is 0 Å². The van der Waals surface area contributed by atoms with Crippen molar-refractivity contribution in [3.63, 3.8) is 0 Å². The molecule has 0 aliphatic carbocycles. The van der Waals surface area contributed by atoms with E-state index in [2.05, 4.69) is 0 Å². The summed E-state index contributed by atoms with van der Waals surface area (Å²) in [5.41, 5.74) is -0.677. The number of carbonyl (C=O) groups excluding carboxylic acids is 1. The van der Waals surface area contributed by atoms with Crippen LogP contribution in [0.3, 0.4) is 0 Å². The van der Waals surface area contributed by atoms with E-state index in [1.54, 1.807) is 20.8 Å². The van der Waals surface area contributed by atoms with E-state index in [4.69, 9.17) is 9.84 Å². The number of hydrogen-bond acceptors (Lipinski definition) is 4. The van der Waals surface area contributed by atoms with Gasteiger partial charge in [0.2, 0.25) is 5.91 Å². The molecule has 6 nitrogen and oxygen atoms in total. The summed E-state index contributed by atoms with van der Waals surface area (Å²) in [5.74, 6) is -2.79. The number of likely N-dealkylation sites (N-methyl/N-ethyl adjacent to an activating group) is 1. The van der Waals surface area contributed by atoms with Crippen molar-refractivity contribution in [1.82, 2.24) is 4.90 Å². The molecule has 0 bridgehead atoms. The zero-order valence-electron chi connectivity index (χ0n) is 11.6. The smallest absolute Gasteiger partial charge is 0.316 e. The lowest BCUT2D eigenvalue weighted by Crippen LogP contribution is -2.46. The van der Waals surface area contributed by atoms with Gasteiger partial charge in [-0.1, -0.05) is 20.8 Å². The van der Waals surface area contributed by atoms with E-state index in [0.717, 1.165) is 0 Å². The average molecular weight is 261 g/mol. The van der Waals surface area contributed by atoms with Gasteiger partial charge < -0.3 is 19.8 Å². The second kappa shape index (κ2) is 6.70. The summed E-state index contributed by atoms with van der Waals surface area (Å²) >= 11 is 0. The number of aliphatic hydroxyl groups excluding tert-OH is 1. The maximum Gasteiger partial charge on any atom is 0.316 e. The number of carboxylic acid groups (broad SMARTS) is 1. The number of hydrogen-bond donors (Lipinski definition) is 2. The van der Waals surface area contributed by atoms with Gasteiger partial charge in [0.25, 0.3) is 0 Å². The van der Waals surface area contributed by atoms with Crippen LogP contribution in [0.25, 0.3) is 0 Å². The maximum atomic E-state index is 12.1. The third-order valence-electron chi connectivity index (χ3n) is 2.58. The molecule has 2 unspecified atom stereocenters. The van der Waals surface area contributed by atoms with E-state index in [-0.39, 0.29) is 13.2 Å². The highest BCUT2D eigenvalue weighted by Crippen LogP contribution is 2.27. The molecule has 0 spiro atoms. The number of nitrogens with zero attached hydrogens (tertiary/aromatic N) is 1. The van der Waals surface area contributed by atoms with Gasteiger partial charge in [0.1, 0.15) is 5.92 Å². The first-order valence-corrected chi connectivity index (χ1v) is 5.76. The number of rotatable bonds is 6. The molecule has 1 amide bonds. The molecule has 0 aromatic rings. The van der Waals surface area contributed by atoms with Crippen LogP contribution < -0.4 is 0 Å². The molecule has 0 fully saturated rings. The van der Waals surface area contributed by atoms with Crippen molar-refractivity contribution >= 4 is 11.9 Å². The molecule has 0 aromatic heterocycles. The number of aliphatic carboxylic acids is 1. The predicted octanol–water partition coefficient (Wildman–Crippen LogP) is 0.199. The van der Waals surface area contributed by atoms with Crippen LogP contribution in [0.15, 0.2) is 0 Å². The van der Waals surface area contributed by atoms with Crippen molar-refractivity contribution in [2.24, 2.45) is 11.3 Å². The summed E-state index contributed by atoms with van der Waals surface area (Å²) in [6, 6.07) is 0. The summed E-state index contributed by atoms with van der Waals surface area (Å²) in [5, 5.41) is 18.7. The Kier molecular flexibility index (Phi) is 6.28. The Morgan fingerprint density at radius 2 is 1.83 bits per heavy atom. The van der Waals surface area contributed by atoms with Crippen molar-refractivity contribution in [3.05, 3.63) is 0 Å². The first kappa shape index (κ1) is 16.9. The van der Waals surface area contributed by atoms with E-state index < -0.39 is 29.3 Å². The molecule has 0 rings (SSSR count). The van der Waals surface area contributed by atoms with Crippen LogP contribution in [0, 0.1) is 11.3 Å². The molecule has 0 saturated heterocycles. The predicted molar refractivity (Wildman–Crippen MR) is 66.1 cm³/mol. The van der Waals surface area contributed by atoms with Gasteiger partial charge >= 0.3 is 5.97 Å². The zero-order valence-corrected chi connectivity index (χ0v) is 11.6. The van der Waals surface area contributed by atoms with Gasteiger partial charge in [0, 0.05) is 20.7 Å². The van der Waals surface area contributed by atoms with Gasteiger partial charge in [0.15, 0.2) is 0 Å². The molecule has 6 heteroatoms. The molecule has 0 saturated carbocycles. The highest BCUT2D eigenvalue weighted by Gasteiger charge is 2.39. The summed E-state index contributed by atoms with van der Waals surface area (Å²) < 4.78 is 4.76. The van der Waals surface area contributed by atoms with Crippen LogP contribution in [0.4, 0.5) is 0 Å². The zero-order chi connectivity index (χ0) is 14.5. The molecule has 18 heavy (non-hydrogen) atoms. The van der Waals surface area contributed by atoms with Crippen molar-refractivity contribution in [2.45, 2.75) is 26.9 Å². The number of ether oxygens (including phenoxy) is 1. The topological polar surface area (TPSA) is 87.1 Å². The number of amides is 1. The lowest BCUT2D eigenvalue weighted by molar-refractivity contribution is -0.156. The number of aliphatic hydroxyl groups is 1. The van der Waals surface area contributed by atoms with Gasteiger partial charge in [-0.25, -0.2) is 0 Å². The normalized spacial score (nSPS) is 15.0. The average Bonchev–Trinajstić information content (AvgIpc) is 2.14. The first-order valence-electron chi connectivity index (χ1n) is 5.76. The monoisotopic (exact) mass is 261 g/mol. The molecule has 2 N–H and O–H groups in total. The van der Waals surface area contributed by atoms with Crippen LogP contribution >= 0.6 is 0 Å². The van der Waals surface area contributed by atoms with Crippen LogP contribution in [0.2, 0.25) is 0 Å². The fourth-order valence-corrected chi connectivity index (χ4v) is 1.72. The fraction of sp³-hybridized carbons (Fsp3) is 0.833. The second-order valence-electron chi connectivity index (χ2n) is 5.47. The standard InChI is InChI=1S/C12H23NO5/c1-12(2,3)9(11(16)17)10(15)13(4)6-8(14)7-18-5/h8-9,14H,6-7H2,1-5H3,(H,16,17). The minimum atomic E-state index is -1.15. The van der Waals surface area contributed by atoms with Gasteiger partial charge in [0.05, 0.1) is 12.7 Å². The molecule has 0 aliphatic heterocycles. The van der Waals surface area contributed by atoms with Gasteiger partial charge in [-0.15, -0.1) is 0 Å². The Hall–Kier alpha value is -1.14. The fourth-order valence-electron chi connectivity index (χ4n) is 1.72. The van der Waals surface area contributed by atoms with Crippen LogP contribution in [-0.2, 0) is 14.3 Å². The van der Waals surface area contributed by atoms with Crippen molar-refractivity contribution in [2.75, 3.05) is 27.3 Å². The molecule has 106 valence electrons. The van der Waals surface area contributed by atoms with E-state index in [1.807, 2.05) is 0 Å². The summed E-state index contributed by atoms with van der Waals surface area (Å²) in [6.45, 7) is 5.24. The van der Waals surface area contributed by atoms with Crippen molar-refractivity contribution in [3.8, 4) is 0 Å². The number of methoxy groups -OCH3 is 1. The van der Waals surface area contributed by atoms with E-state index in [1.165, 1.54) is 19.1 Å². The Bertz CT molecular complexity index is 297.